The number of guanidine groups is 1. The third-order valence-electron chi connectivity index (χ3n) is 4.09. The van der Waals surface area contributed by atoms with Crippen LogP contribution in [0.15, 0.2) is 46.3 Å². The largest absolute Gasteiger partial charge is 0.357 e. The first-order chi connectivity index (χ1) is 12.7. The molecule has 0 amide bonds. The van der Waals surface area contributed by atoms with E-state index in [0.717, 1.165) is 11.1 Å². The number of nitrogens with zero attached hydrogens (tertiary/aromatic N) is 1. The van der Waals surface area contributed by atoms with Crippen molar-refractivity contribution in [3.05, 3.63) is 64.5 Å². The molecule has 2 N–H and O–H groups in total. The molecule has 0 unspecified atom stereocenters. The average molecular weight is 392 g/mol. The van der Waals surface area contributed by atoms with Gasteiger partial charge < -0.3 is 10.6 Å². The minimum Gasteiger partial charge on any atom is -0.357 e. The maximum atomic E-state index is 13.4. The summed E-state index contributed by atoms with van der Waals surface area (Å²) >= 11 is 0. The zero-order valence-electron chi connectivity index (χ0n) is 16.1. The van der Waals surface area contributed by atoms with Crippen LogP contribution in [0, 0.1) is 19.7 Å². The highest BCUT2D eigenvalue weighted by molar-refractivity contribution is 7.90. The van der Waals surface area contributed by atoms with E-state index in [1.54, 1.807) is 38.1 Å². The van der Waals surface area contributed by atoms with E-state index in [9.17, 15) is 12.8 Å². The van der Waals surface area contributed by atoms with Gasteiger partial charge in [-0.15, -0.1) is 0 Å². The third kappa shape index (κ3) is 6.06. The van der Waals surface area contributed by atoms with Crippen LogP contribution in [0.1, 0.15) is 29.2 Å². The summed E-state index contributed by atoms with van der Waals surface area (Å²) in [6, 6.07) is 10.2. The molecule has 0 aliphatic carbocycles. The summed E-state index contributed by atoms with van der Waals surface area (Å²) in [6.07, 6.45) is 1.21. The Morgan fingerprint density at radius 3 is 2.30 bits per heavy atom. The fourth-order valence-electron chi connectivity index (χ4n) is 2.74. The number of aliphatic imine (C=N–C) groups is 1. The molecule has 0 spiro atoms. The second kappa shape index (κ2) is 8.99. The van der Waals surface area contributed by atoms with Crippen LogP contribution in [0.3, 0.4) is 0 Å². The molecule has 27 heavy (non-hydrogen) atoms. The summed E-state index contributed by atoms with van der Waals surface area (Å²) in [6.45, 7) is 7.15. The standard InChI is InChI=1S/C20H26FN3O2S/c1-5-22-20(23-12-16-6-8-18(21)14(2)10-16)24-13-17-7-9-19(15(3)11-17)27(4,25)26/h6-11H,5,12-13H2,1-4H3,(H2,22,23,24). The maximum absolute atomic E-state index is 13.4. The minimum absolute atomic E-state index is 0.216. The molecule has 5 nitrogen and oxygen atoms in total. The summed E-state index contributed by atoms with van der Waals surface area (Å²) in [7, 11) is -3.22. The van der Waals surface area contributed by atoms with Gasteiger partial charge in [0.15, 0.2) is 15.8 Å². The van der Waals surface area contributed by atoms with Gasteiger partial charge in [0.25, 0.3) is 0 Å². The lowest BCUT2D eigenvalue weighted by Crippen LogP contribution is -2.36. The molecule has 2 aromatic rings. The zero-order chi connectivity index (χ0) is 20.0. The van der Waals surface area contributed by atoms with Crippen LogP contribution in [0.25, 0.3) is 0 Å². The molecule has 0 bridgehead atoms. The highest BCUT2D eigenvalue weighted by Gasteiger charge is 2.10. The van der Waals surface area contributed by atoms with Crippen LogP contribution in [0.5, 0.6) is 0 Å². The molecule has 2 rings (SSSR count). The van der Waals surface area contributed by atoms with Crippen LogP contribution >= 0.6 is 0 Å². The van der Waals surface area contributed by atoms with Crippen LogP contribution in [0.4, 0.5) is 4.39 Å². The average Bonchev–Trinajstić information content (AvgIpc) is 2.59. The van der Waals surface area contributed by atoms with Gasteiger partial charge >= 0.3 is 0 Å². The Morgan fingerprint density at radius 2 is 1.70 bits per heavy atom. The second-order valence-corrected chi connectivity index (χ2v) is 8.49. The van der Waals surface area contributed by atoms with Gasteiger partial charge in [0.2, 0.25) is 0 Å². The third-order valence-corrected chi connectivity index (χ3v) is 5.34. The fourth-order valence-corrected chi connectivity index (χ4v) is 3.70. The van der Waals surface area contributed by atoms with Gasteiger partial charge in [0, 0.05) is 19.3 Å². The van der Waals surface area contributed by atoms with Crippen LogP contribution in [-0.4, -0.2) is 27.2 Å². The molecule has 0 aliphatic rings. The Bertz CT molecular complexity index is 940. The molecule has 0 radical (unpaired) electrons. The topological polar surface area (TPSA) is 70.6 Å². The normalized spacial score (nSPS) is 12.1. The SMILES string of the molecule is CCNC(=NCc1ccc(S(C)(=O)=O)c(C)c1)NCc1ccc(F)c(C)c1. The van der Waals surface area contributed by atoms with Crippen molar-refractivity contribution in [3.8, 4) is 0 Å². The van der Waals surface area contributed by atoms with Gasteiger partial charge in [0.05, 0.1) is 11.4 Å². The maximum Gasteiger partial charge on any atom is 0.191 e. The summed E-state index contributed by atoms with van der Waals surface area (Å²) in [5, 5.41) is 6.39. The number of benzene rings is 2. The highest BCUT2D eigenvalue weighted by atomic mass is 32.2. The van der Waals surface area contributed by atoms with Gasteiger partial charge in [-0.2, -0.15) is 0 Å². The summed E-state index contributed by atoms with van der Waals surface area (Å²) < 4.78 is 36.8. The van der Waals surface area contributed by atoms with Crippen molar-refractivity contribution in [1.29, 1.82) is 0 Å². The lowest BCUT2D eigenvalue weighted by Gasteiger charge is -2.12. The van der Waals surface area contributed by atoms with E-state index in [2.05, 4.69) is 15.6 Å². The van der Waals surface area contributed by atoms with E-state index < -0.39 is 9.84 Å². The summed E-state index contributed by atoms with van der Waals surface area (Å²) in [5.74, 6) is 0.427. The molecule has 0 saturated carbocycles. The number of halogens is 1. The molecule has 0 aliphatic heterocycles. The molecule has 0 saturated heterocycles. The predicted octanol–water partition coefficient (Wildman–Crippen LogP) is 3.10. The van der Waals surface area contributed by atoms with E-state index in [-0.39, 0.29) is 5.82 Å². The van der Waals surface area contributed by atoms with Gasteiger partial charge in [0.1, 0.15) is 5.82 Å². The number of rotatable bonds is 6. The molecule has 0 heterocycles. The predicted molar refractivity (Wildman–Crippen MR) is 107 cm³/mol. The first-order valence-electron chi connectivity index (χ1n) is 8.77. The first kappa shape index (κ1) is 20.9. The lowest BCUT2D eigenvalue weighted by atomic mass is 10.1. The molecule has 2 aromatic carbocycles. The smallest absolute Gasteiger partial charge is 0.191 e. The second-order valence-electron chi connectivity index (χ2n) is 6.50. The minimum atomic E-state index is -3.22. The Labute approximate surface area is 160 Å². The van der Waals surface area contributed by atoms with Crippen LogP contribution < -0.4 is 10.6 Å². The van der Waals surface area contributed by atoms with E-state index in [1.807, 2.05) is 13.0 Å². The molecule has 146 valence electrons. The first-order valence-corrected chi connectivity index (χ1v) is 10.7. The van der Waals surface area contributed by atoms with Gasteiger partial charge in [-0.1, -0.05) is 24.3 Å². The number of hydrogen-bond acceptors (Lipinski definition) is 3. The monoisotopic (exact) mass is 391 g/mol. The van der Waals surface area contributed by atoms with Crippen molar-refractivity contribution in [3.63, 3.8) is 0 Å². The molecule has 0 atom stereocenters. The molecular formula is C20H26FN3O2S. The van der Waals surface area contributed by atoms with Crippen molar-refractivity contribution in [2.75, 3.05) is 12.8 Å². The molecule has 0 fully saturated rings. The van der Waals surface area contributed by atoms with Gasteiger partial charge in [-0.25, -0.2) is 17.8 Å². The molecular weight excluding hydrogens is 365 g/mol. The molecule has 7 heteroatoms. The highest BCUT2D eigenvalue weighted by Crippen LogP contribution is 2.17. The molecule has 0 aromatic heterocycles. The Balaban J connectivity index is 2.08. The van der Waals surface area contributed by atoms with Crippen molar-refractivity contribution in [1.82, 2.24) is 10.6 Å². The fraction of sp³-hybridized carbons (Fsp3) is 0.350. The van der Waals surface area contributed by atoms with E-state index in [0.29, 0.717) is 41.6 Å². The Kier molecular flexibility index (Phi) is 6.96. The van der Waals surface area contributed by atoms with Gasteiger partial charge in [-0.3, -0.25) is 0 Å². The van der Waals surface area contributed by atoms with Crippen LogP contribution in [-0.2, 0) is 22.9 Å². The lowest BCUT2D eigenvalue weighted by molar-refractivity contribution is 0.601. The Morgan fingerprint density at radius 1 is 1.04 bits per heavy atom. The van der Waals surface area contributed by atoms with E-state index in [1.165, 1.54) is 12.3 Å². The van der Waals surface area contributed by atoms with E-state index >= 15 is 0 Å². The zero-order valence-corrected chi connectivity index (χ0v) is 17.0. The summed E-state index contributed by atoms with van der Waals surface area (Å²) in [5.41, 5.74) is 3.21. The number of aryl methyl sites for hydroxylation is 2. The van der Waals surface area contributed by atoms with E-state index in [4.69, 9.17) is 0 Å². The van der Waals surface area contributed by atoms with Crippen molar-refractivity contribution in [2.24, 2.45) is 4.99 Å². The van der Waals surface area contributed by atoms with Gasteiger partial charge in [-0.05, 0) is 55.2 Å². The number of sulfone groups is 1. The summed E-state index contributed by atoms with van der Waals surface area (Å²) in [4.78, 5) is 4.88. The quantitative estimate of drug-likeness (QED) is 0.586. The van der Waals surface area contributed by atoms with Crippen molar-refractivity contribution < 1.29 is 12.8 Å². The Hall–Kier alpha value is -2.41. The van der Waals surface area contributed by atoms with Crippen molar-refractivity contribution >= 4 is 15.8 Å². The van der Waals surface area contributed by atoms with Crippen LogP contribution in [0.2, 0.25) is 0 Å². The number of nitrogens with one attached hydrogen (secondary N) is 2. The number of hydrogen-bond donors (Lipinski definition) is 2. The van der Waals surface area contributed by atoms with Crippen molar-refractivity contribution in [2.45, 2.75) is 38.8 Å².